The molecule has 0 radical (unpaired) electrons. The minimum atomic E-state index is -0.439. The van der Waals surface area contributed by atoms with Crippen molar-refractivity contribution in [3.05, 3.63) is 41.4 Å². The maximum Gasteiger partial charge on any atom is 0.415 e. The number of unbranched alkanes of at least 4 members (excludes halogenated alkanes) is 1. The van der Waals surface area contributed by atoms with Gasteiger partial charge in [0.25, 0.3) is 0 Å². The fraction of sp³-hybridized carbons (Fsp3) is 0.613. The third kappa shape index (κ3) is 7.87. The first-order valence-corrected chi connectivity index (χ1v) is 15.2. The Morgan fingerprint density at radius 2 is 1.85 bits per heavy atom. The first-order chi connectivity index (χ1) is 19.3. The average Bonchev–Trinajstić information content (AvgIpc) is 2.96. The zero-order chi connectivity index (χ0) is 28.6. The van der Waals surface area contributed by atoms with Gasteiger partial charge in [-0.15, -0.1) is 0 Å². The minimum absolute atomic E-state index is 0.111. The van der Waals surface area contributed by atoms with Crippen molar-refractivity contribution in [2.24, 2.45) is 11.7 Å². The van der Waals surface area contributed by atoms with Gasteiger partial charge in [0.1, 0.15) is 0 Å². The van der Waals surface area contributed by atoms with Crippen LogP contribution < -0.4 is 15.8 Å². The van der Waals surface area contributed by atoms with Gasteiger partial charge in [-0.3, -0.25) is 4.79 Å². The highest BCUT2D eigenvalue weighted by Crippen LogP contribution is 2.33. The van der Waals surface area contributed by atoms with Crippen molar-refractivity contribution in [1.29, 1.82) is 0 Å². The van der Waals surface area contributed by atoms with Crippen molar-refractivity contribution in [2.75, 3.05) is 46.8 Å². The summed E-state index contributed by atoms with van der Waals surface area (Å²) >= 11 is 6.55. The Morgan fingerprint density at radius 3 is 2.55 bits per heavy atom. The summed E-state index contributed by atoms with van der Waals surface area (Å²) < 4.78 is 5.71. The standard InChI is InChI=1S/C31H46ClN5O3/c1-22-21-36(31(39)40-28-16-13-24-8-4-5-9-26(24)29(28)32)18-19-37(22)30(38)27(10-6-7-17-35(2)3)34-25-14-11-23(20-33)12-15-25/h4-5,8-9,13,16,22-23,25,27,34H,6-7,10-12,14-15,17-21,33H2,1-3H3/t22-,23?,25?,27-/m1/s1. The maximum atomic E-state index is 13.8. The lowest BCUT2D eigenvalue weighted by Gasteiger charge is -2.41. The molecule has 220 valence electrons. The number of halogens is 1. The van der Waals surface area contributed by atoms with E-state index >= 15 is 0 Å². The van der Waals surface area contributed by atoms with Crippen LogP contribution in [0.4, 0.5) is 4.79 Å². The summed E-state index contributed by atoms with van der Waals surface area (Å²) in [5, 5.41) is 5.99. The summed E-state index contributed by atoms with van der Waals surface area (Å²) in [4.78, 5) is 32.7. The fourth-order valence-electron chi connectivity index (χ4n) is 6.01. The van der Waals surface area contributed by atoms with Crippen LogP contribution in [0.1, 0.15) is 51.9 Å². The zero-order valence-corrected chi connectivity index (χ0v) is 25.0. The topological polar surface area (TPSA) is 91.1 Å². The lowest BCUT2D eigenvalue weighted by atomic mass is 9.85. The lowest BCUT2D eigenvalue weighted by molar-refractivity contribution is -0.138. The van der Waals surface area contributed by atoms with Crippen molar-refractivity contribution in [3.63, 3.8) is 0 Å². The molecule has 2 aromatic rings. The molecule has 40 heavy (non-hydrogen) atoms. The Balaban J connectivity index is 1.35. The summed E-state index contributed by atoms with van der Waals surface area (Å²) in [5.74, 6) is 1.09. The second kappa shape index (κ2) is 14.5. The van der Waals surface area contributed by atoms with E-state index in [1.807, 2.05) is 42.2 Å². The molecule has 2 atom stereocenters. The van der Waals surface area contributed by atoms with Gasteiger partial charge in [0.05, 0.1) is 11.1 Å². The molecule has 0 bridgehead atoms. The molecular formula is C31H46ClN5O3. The van der Waals surface area contributed by atoms with Crippen LogP contribution in [0.2, 0.25) is 5.02 Å². The fourth-order valence-corrected chi connectivity index (χ4v) is 6.28. The highest BCUT2D eigenvalue weighted by atomic mass is 35.5. The number of carbonyl (C=O) groups is 2. The number of piperazine rings is 1. The average molecular weight is 572 g/mol. The molecule has 0 aromatic heterocycles. The van der Waals surface area contributed by atoms with Crippen LogP contribution >= 0.6 is 11.6 Å². The molecule has 3 N–H and O–H groups in total. The van der Waals surface area contributed by atoms with Crippen LogP contribution in [-0.2, 0) is 4.79 Å². The van der Waals surface area contributed by atoms with Crippen molar-refractivity contribution in [3.8, 4) is 5.75 Å². The molecule has 2 aliphatic rings. The van der Waals surface area contributed by atoms with Crippen molar-refractivity contribution in [1.82, 2.24) is 20.0 Å². The predicted octanol–water partition coefficient (Wildman–Crippen LogP) is 4.73. The van der Waals surface area contributed by atoms with E-state index in [1.54, 1.807) is 11.0 Å². The molecule has 2 amide bonds. The van der Waals surface area contributed by atoms with Gasteiger partial charge in [0, 0.05) is 37.1 Å². The van der Waals surface area contributed by atoms with Gasteiger partial charge in [-0.25, -0.2) is 4.79 Å². The van der Waals surface area contributed by atoms with Gasteiger partial charge in [-0.05, 0) is 90.0 Å². The number of benzene rings is 2. The number of nitrogens with two attached hydrogens (primary N) is 1. The first kappa shape index (κ1) is 30.6. The number of nitrogens with one attached hydrogen (secondary N) is 1. The van der Waals surface area contributed by atoms with Crippen molar-refractivity contribution in [2.45, 2.75) is 70.0 Å². The van der Waals surface area contributed by atoms with Gasteiger partial charge in [-0.2, -0.15) is 0 Å². The molecule has 0 unspecified atom stereocenters. The molecule has 1 aliphatic carbocycles. The molecular weight excluding hydrogens is 526 g/mol. The smallest absolute Gasteiger partial charge is 0.409 e. The molecule has 4 rings (SSSR count). The van der Waals surface area contributed by atoms with Crippen LogP contribution in [-0.4, -0.2) is 91.6 Å². The molecule has 1 saturated carbocycles. The van der Waals surface area contributed by atoms with E-state index in [1.165, 1.54) is 0 Å². The lowest BCUT2D eigenvalue weighted by Crippen LogP contribution is -2.60. The van der Waals surface area contributed by atoms with Crippen LogP contribution in [0.25, 0.3) is 10.8 Å². The molecule has 9 heteroatoms. The predicted molar refractivity (Wildman–Crippen MR) is 162 cm³/mol. The van der Waals surface area contributed by atoms with Gasteiger partial charge < -0.3 is 30.5 Å². The number of nitrogens with zero attached hydrogens (tertiary/aromatic N) is 3. The zero-order valence-electron chi connectivity index (χ0n) is 24.3. The third-order valence-electron chi connectivity index (χ3n) is 8.46. The summed E-state index contributed by atoms with van der Waals surface area (Å²) in [6, 6.07) is 11.4. The Labute approximate surface area is 244 Å². The van der Waals surface area contributed by atoms with Gasteiger partial charge >= 0.3 is 6.09 Å². The number of hydrogen-bond acceptors (Lipinski definition) is 6. The quantitative estimate of drug-likeness (QED) is 0.401. The molecule has 2 fully saturated rings. The number of amides is 2. The molecule has 1 aliphatic heterocycles. The number of ether oxygens (including phenoxy) is 1. The summed E-state index contributed by atoms with van der Waals surface area (Å²) in [6.07, 6.45) is 6.80. The van der Waals surface area contributed by atoms with Gasteiger partial charge in [0.15, 0.2) is 5.75 Å². The summed E-state index contributed by atoms with van der Waals surface area (Å²) in [5.41, 5.74) is 5.89. The molecule has 2 aromatic carbocycles. The normalized spacial score (nSPS) is 22.5. The minimum Gasteiger partial charge on any atom is -0.409 e. The van der Waals surface area contributed by atoms with Gasteiger partial charge in [-0.1, -0.05) is 48.4 Å². The van der Waals surface area contributed by atoms with Gasteiger partial charge in [0.2, 0.25) is 5.91 Å². The maximum absolute atomic E-state index is 13.8. The molecule has 0 spiro atoms. The highest BCUT2D eigenvalue weighted by Gasteiger charge is 2.35. The first-order valence-electron chi connectivity index (χ1n) is 14.8. The second-order valence-electron chi connectivity index (χ2n) is 11.8. The number of rotatable bonds is 10. The van der Waals surface area contributed by atoms with Crippen LogP contribution in [0.5, 0.6) is 5.75 Å². The Hall–Kier alpha value is -2.39. The van der Waals surface area contributed by atoms with E-state index in [2.05, 4.69) is 24.3 Å². The largest absolute Gasteiger partial charge is 0.415 e. The molecule has 1 saturated heterocycles. The van der Waals surface area contributed by atoms with Crippen LogP contribution in [0, 0.1) is 5.92 Å². The van der Waals surface area contributed by atoms with E-state index in [4.69, 9.17) is 22.1 Å². The Morgan fingerprint density at radius 1 is 1.10 bits per heavy atom. The number of hydrogen-bond donors (Lipinski definition) is 2. The molecule has 8 nitrogen and oxygen atoms in total. The van der Waals surface area contributed by atoms with E-state index in [0.29, 0.717) is 42.4 Å². The summed E-state index contributed by atoms with van der Waals surface area (Å²) in [7, 11) is 4.16. The van der Waals surface area contributed by atoms with E-state index in [9.17, 15) is 9.59 Å². The van der Waals surface area contributed by atoms with Crippen LogP contribution in [0.3, 0.4) is 0 Å². The summed E-state index contributed by atoms with van der Waals surface area (Å²) in [6.45, 7) is 5.10. The highest BCUT2D eigenvalue weighted by molar-refractivity contribution is 6.37. The van der Waals surface area contributed by atoms with E-state index in [-0.39, 0.29) is 18.0 Å². The van der Waals surface area contributed by atoms with Crippen molar-refractivity contribution >= 4 is 34.4 Å². The van der Waals surface area contributed by atoms with E-state index < -0.39 is 6.09 Å². The second-order valence-corrected chi connectivity index (χ2v) is 12.1. The number of fused-ring (bicyclic) bond motifs is 1. The van der Waals surface area contributed by atoms with Crippen molar-refractivity contribution < 1.29 is 14.3 Å². The number of carbonyl (C=O) groups excluding carboxylic acids is 2. The Bertz CT molecular complexity index is 1140. The van der Waals surface area contributed by atoms with Crippen LogP contribution in [0.15, 0.2) is 36.4 Å². The Kier molecular flexibility index (Phi) is 11.1. The SMILES string of the molecule is C[C@@H]1CN(C(=O)Oc2ccc3ccccc3c2Cl)CCN1C(=O)[C@@H](CCCCN(C)C)NC1CCC(CN)CC1. The monoisotopic (exact) mass is 571 g/mol. The van der Waals surface area contributed by atoms with E-state index in [0.717, 1.165) is 68.8 Å². The third-order valence-corrected chi connectivity index (χ3v) is 8.85. The molecule has 1 heterocycles.